The van der Waals surface area contributed by atoms with E-state index in [1.807, 2.05) is 0 Å². The van der Waals surface area contributed by atoms with Crippen molar-refractivity contribution < 1.29 is 18.8 Å². The molecule has 4 rings (SSSR count). The molecule has 31 heavy (non-hydrogen) atoms. The van der Waals surface area contributed by atoms with Gasteiger partial charge in [0.15, 0.2) is 0 Å². The number of benzene rings is 2. The summed E-state index contributed by atoms with van der Waals surface area (Å²) < 4.78 is 10.1. The predicted octanol–water partition coefficient (Wildman–Crippen LogP) is 3.04. The summed E-state index contributed by atoms with van der Waals surface area (Å²) in [5.74, 6) is 1.65. The molecule has 2 aromatic carbocycles. The van der Waals surface area contributed by atoms with Gasteiger partial charge in [0.25, 0.3) is 5.91 Å². The molecule has 1 N–H and O–H groups in total. The van der Waals surface area contributed by atoms with E-state index in [9.17, 15) is 9.59 Å². The molecule has 0 atom stereocenters. The van der Waals surface area contributed by atoms with E-state index in [0.717, 1.165) is 11.3 Å². The maximum Gasteiger partial charge on any atom is 0.321 e. The Morgan fingerprint density at radius 1 is 0.968 bits per heavy atom. The average Bonchev–Trinajstić information content (AvgIpc) is 3.25. The highest BCUT2D eigenvalue weighted by Gasteiger charge is 2.25. The Bertz CT molecular complexity index is 1050. The van der Waals surface area contributed by atoms with Gasteiger partial charge in [-0.2, -0.15) is 4.98 Å². The second kappa shape index (κ2) is 8.86. The number of aromatic nitrogens is 2. The Kier molecular flexibility index (Phi) is 5.83. The number of piperazine rings is 1. The number of nitrogens with one attached hydrogen (secondary N) is 1. The third kappa shape index (κ3) is 4.66. The first-order valence-corrected chi connectivity index (χ1v) is 9.93. The zero-order chi connectivity index (χ0) is 21.8. The minimum Gasteiger partial charge on any atom is -0.497 e. The average molecular weight is 421 g/mol. The van der Waals surface area contributed by atoms with Crippen molar-refractivity contribution in [1.82, 2.24) is 19.9 Å². The van der Waals surface area contributed by atoms with Crippen LogP contribution < -0.4 is 10.1 Å². The van der Waals surface area contributed by atoms with Gasteiger partial charge in [0.2, 0.25) is 11.7 Å². The van der Waals surface area contributed by atoms with Crippen LogP contribution in [-0.2, 0) is 0 Å². The first kappa shape index (κ1) is 20.4. The van der Waals surface area contributed by atoms with Crippen LogP contribution in [0.25, 0.3) is 11.4 Å². The number of aryl methyl sites for hydroxylation is 1. The summed E-state index contributed by atoms with van der Waals surface area (Å²) in [4.78, 5) is 33.0. The fourth-order valence-corrected chi connectivity index (χ4v) is 3.35. The molecule has 0 aliphatic carbocycles. The Morgan fingerprint density at radius 2 is 1.61 bits per heavy atom. The highest BCUT2D eigenvalue weighted by atomic mass is 16.5. The number of urea groups is 1. The van der Waals surface area contributed by atoms with Gasteiger partial charge in [-0.3, -0.25) is 4.79 Å². The highest BCUT2D eigenvalue weighted by molar-refractivity contribution is 5.95. The minimum atomic E-state index is -0.183. The van der Waals surface area contributed by atoms with Crippen LogP contribution in [0.15, 0.2) is 53.1 Å². The third-order valence-electron chi connectivity index (χ3n) is 5.11. The molecule has 9 heteroatoms. The zero-order valence-electron chi connectivity index (χ0n) is 17.4. The standard InChI is InChI=1S/C22H23N5O4/c1-15-23-20(25-31-15)16-3-5-17(6-4-16)21(28)26-11-13-27(14-12-26)22(29)24-18-7-9-19(30-2)10-8-18/h3-10H,11-14H2,1-2H3,(H,24,29). The number of hydrogen-bond acceptors (Lipinski definition) is 6. The first-order chi connectivity index (χ1) is 15.0. The van der Waals surface area contributed by atoms with Crippen LogP contribution in [0.3, 0.4) is 0 Å². The van der Waals surface area contributed by atoms with Crippen molar-refractivity contribution in [1.29, 1.82) is 0 Å². The molecular formula is C22H23N5O4. The van der Waals surface area contributed by atoms with Crippen LogP contribution in [0.1, 0.15) is 16.2 Å². The topological polar surface area (TPSA) is 101 Å². The molecule has 1 aliphatic rings. The molecule has 0 bridgehead atoms. The number of amides is 3. The summed E-state index contributed by atoms with van der Waals surface area (Å²) in [5, 5.41) is 6.75. The van der Waals surface area contributed by atoms with Crippen LogP contribution >= 0.6 is 0 Å². The Labute approximate surface area is 179 Å². The fraction of sp³-hybridized carbons (Fsp3) is 0.273. The van der Waals surface area contributed by atoms with Gasteiger partial charge in [0, 0.05) is 49.9 Å². The maximum atomic E-state index is 12.8. The SMILES string of the molecule is COc1ccc(NC(=O)N2CCN(C(=O)c3ccc(-c4noc(C)n4)cc3)CC2)cc1. The van der Waals surface area contributed by atoms with Crippen LogP contribution in [0, 0.1) is 6.92 Å². The number of anilines is 1. The van der Waals surface area contributed by atoms with Gasteiger partial charge in [0.1, 0.15) is 5.75 Å². The molecule has 0 saturated carbocycles. The van der Waals surface area contributed by atoms with Gasteiger partial charge in [-0.1, -0.05) is 17.3 Å². The van der Waals surface area contributed by atoms with Crippen molar-refractivity contribution in [3.05, 3.63) is 60.0 Å². The predicted molar refractivity (Wildman–Crippen MR) is 114 cm³/mol. The molecule has 0 spiro atoms. The van der Waals surface area contributed by atoms with Crippen molar-refractivity contribution in [3.63, 3.8) is 0 Å². The summed E-state index contributed by atoms with van der Waals surface area (Å²) in [6, 6.07) is 14.1. The second-order valence-corrected chi connectivity index (χ2v) is 7.15. The molecule has 0 radical (unpaired) electrons. The lowest BCUT2D eigenvalue weighted by molar-refractivity contribution is 0.0671. The number of methoxy groups -OCH3 is 1. The van der Waals surface area contributed by atoms with E-state index in [0.29, 0.717) is 49.1 Å². The van der Waals surface area contributed by atoms with Crippen molar-refractivity contribution in [3.8, 4) is 17.1 Å². The molecular weight excluding hydrogens is 398 g/mol. The van der Waals surface area contributed by atoms with E-state index < -0.39 is 0 Å². The van der Waals surface area contributed by atoms with Gasteiger partial charge in [-0.05, 0) is 36.4 Å². The number of nitrogens with zero attached hydrogens (tertiary/aromatic N) is 4. The molecule has 0 unspecified atom stereocenters. The smallest absolute Gasteiger partial charge is 0.321 e. The van der Waals surface area contributed by atoms with Gasteiger partial charge in [-0.15, -0.1) is 0 Å². The lowest BCUT2D eigenvalue weighted by Gasteiger charge is -2.34. The zero-order valence-corrected chi connectivity index (χ0v) is 17.4. The maximum absolute atomic E-state index is 12.8. The van der Waals surface area contributed by atoms with E-state index in [1.165, 1.54) is 0 Å². The number of hydrogen-bond donors (Lipinski definition) is 1. The molecule has 2 heterocycles. The molecule has 3 aromatic rings. The largest absolute Gasteiger partial charge is 0.497 e. The Morgan fingerprint density at radius 3 is 2.19 bits per heavy atom. The first-order valence-electron chi connectivity index (χ1n) is 9.93. The molecule has 3 amide bonds. The van der Waals surface area contributed by atoms with E-state index in [2.05, 4.69) is 15.5 Å². The van der Waals surface area contributed by atoms with E-state index >= 15 is 0 Å². The van der Waals surface area contributed by atoms with E-state index in [1.54, 1.807) is 72.4 Å². The van der Waals surface area contributed by atoms with Crippen LogP contribution in [0.5, 0.6) is 5.75 Å². The lowest BCUT2D eigenvalue weighted by atomic mass is 10.1. The number of carbonyl (C=O) groups is 2. The summed E-state index contributed by atoms with van der Waals surface area (Å²) in [7, 11) is 1.59. The van der Waals surface area contributed by atoms with Crippen molar-refractivity contribution in [2.24, 2.45) is 0 Å². The molecule has 9 nitrogen and oxygen atoms in total. The van der Waals surface area contributed by atoms with E-state index in [-0.39, 0.29) is 11.9 Å². The molecule has 1 aliphatic heterocycles. The van der Waals surface area contributed by atoms with Crippen LogP contribution in [0.4, 0.5) is 10.5 Å². The molecule has 1 saturated heterocycles. The third-order valence-corrected chi connectivity index (χ3v) is 5.11. The molecule has 1 fully saturated rings. The van der Waals surface area contributed by atoms with E-state index in [4.69, 9.17) is 9.26 Å². The summed E-state index contributed by atoms with van der Waals surface area (Å²) in [6.45, 7) is 3.61. The highest BCUT2D eigenvalue weighted by Crippen LogP contribution is 2.19. The van der Waals surface area contributed by atoms with Crippen LogP contribution in [0.2, 0.25) is 0 Å². The minimum absolute atomic E-state index is 0.0638. The van der Waals surface area contributed by atoms with Crippen molar-refractivity contribution >= 4 is 17.6 Å². The summed E-state index contributed by atoms with van der Waals surface area (Å²) >= 11 is 0. The van der Waals surface area contributed by atoms with Gasteiger partial charge < -0.3 is 24.4 Å². The summed E-state index contributed by atoms with van der Waals surface area (Å²) in [5.41, 5.74) is 2.06. The van der Waals surface area contributed by atoms with Crippen molar-refractivity contribution in [2.45, 2.75) is 6.92 Å². The summed E-state index contributed by atoms with van der Waals surface area (Å²) in [6.07, 6.45) is 0. The van der Waals surface area contributed by atoms with Crippen LogP contribution in [-0.4, -0.2) is 65.2 Å². The normalized spacial score (nSPS) is 13.7. The quantitative estimate of drug-likeness (QED) is 0.695. The number of ether oxygens (including phenoxy) is 1. The number of rotatable bonds is 4. The fourth-order valence-electron chi connectivity index (χ4n) is 3.35. The van der Waals surface area contributed by atoms with Crippen molar-refractivity contribution in [2.75, 3.05) is 38.6 Å². The molecule has 1 aromatic heterocycles. The Balaban J connectivity index is 1.31. The van der Waals surface area contributed by atoms with Gasteiger partial charge in [0.05, 0.1) is 7.11 Å². The van der Waals surface area contributed by atoms with Gasteiger partial charge >= 0.3 is 6.03 Å². The Hall–Kier alpha value is -3.88. The monoisotopic (exact) mass is 421 g/mol. The van der Waals surface area contributed by atoms with Gasteiger partial charge in [-0.25, -0.2) is 4.79 Å². The molecule has 160 valence electrons. The lowest BCUT2D eigenvalue weighted by Crippen LogP contribution is -2.51. The number of carbonyl (C=O) groups excluding carboxylic acids is 2. The second-order valence-electron chi connectivity index (χ2n) is 7.15.